The minimum atomic E-state index is 0.493. The number of nitrogens with two attached hydrogens (primary N) is 1. The molecule has 0 bridgehead atoms. The van der Waals surface area contributed by atoms with Crippen LogP contribution in [0.15, 0.2) is 48.7 Å². The number of nitrogens with zero attached hydrogens (tertiary/aromatic N) is 2. The average Bonchev–Trinajstić information content (AvgIpc) is 2.48. The molecule has 3 nitrogen and oxygen atoms in total. The van der Waals surface area contributed by atoms with E-state index in [9.17, 15) is 0 Å². The van der Waals surface area contributed by atoms with E-state index in [0.717, 1.165) is 30.9 Å². The Kier molecular flexibility index (Phi) is 4.93. The molecule has 0 radical (unpaired) electrons. The lowest BCUT2D eigenvalue weighted by Crippen LogP contribution is -2.23. The molecule has 0 aliphatic heterocycles. The highest BCUT2D eigenvalue weighted by Crippen LogP contribution is 2.17. The molecule has 0 atom stereocenters. The molecule has 0 spiro atoms. The maximum Gasteiger partial charge on any atom is 0.0555 e. The Labute approximate surface area is 115 Å². The molecule has 0 fully saturated rings. The van der Waals surface area contributed by atoms with Crippen LogP contribution in [0.2, 0.25) is 0 Å². The maximum absolute atomic E-state index is 5.58. The Bertz CT molecular complexity index is 479. The summed E-state index contributed by atoms with van der Waals surface area (Å²) in [5, 5.41) is 0. The van der Waals surface area contributed by atoms with Crippen molar-refractivity contribution in [3.8, 4) is 0 Å². The van der Waals surface area contributed by atoms with Crippen LogP contribution in [0.1, 0.15) is 24.6 Å². The third kappa shape index (κ3) is 3.80. The van der Waals surface area contributed by atoms with Crippen LogP contribution in [0.5, 0.6) is 0 Å². The Morgan fingerprint density at radius 1 is 1.11 bits per heavy atom. The summed E-state index contributed by atoms with van der Waals surface area (Å²) in [4.78, 5) is 6.73. The first-order valence-corrected chi connectivity index (χ1v) is 6.77. The molecule has 2 rings (SSSR count). The third-order valence-electron chi connectivity index (χ3n) is 3.09. The van der Waals surface area contributed by atoms with Gasteiger partial charge in [0.1, 0.15) is 0 Å². The summed E-state index contributed by atoms with van der Waals surface area (Å²) < 4.78 is 0. The van der Waals surface area contributed by atoms with Gasteiger partial charge in [0.15, 0.2) is 0 Å². The molecule has 1 aromatic heterocycles. The van der Waals surface area contributed by atoms with Gasteiger partial charge in [0.25, 0.3) is 0 Å². The highest BCUT2D eigenvalue weighted by Gasteiger charge is 2.06. The Morgan fingerprint density at radius 2 is 1.89 bits per heavy atom. The van der Waals surface area contributed by atoms with Gasteiger partial charge in [0.2, 0.25) is 0 Å². The Balaban J connectivity index is 2.14. The van der Waals surface area contributed by atoms with Crippen LogP contribution in [-0.4, -0.2) is 11.5 Å². The van der Waals surface area contributed by atoms with Crippen LogP contribution in [0, 0.1) is 0 Å². The van der Waals surface area contributed by atoms with Gasteiger partial charge in [-0.3, -0.25) is 4.98 Å². The van der Waals surface area contributed by atoms with Crippen molar-refractivity contribution in [3.63, 3.8) is 0 Å². The fourth-order valence-corrected chi connectivity index (χ4v) is 2.10. The van der Waals surface area contributed by atoms with Gasteiger partial charge in [-0.15, -0.1) is 0 Å². The van der Waals surface area contributed by atoms with Crippen molar-refractivity contribution in [1.29, 1.82) is 0 Å². The minimum absolute atomic E-state index is 0.493. The SMILES string of the molecule is CCCN(Cc1ccccc1)c1ccc(CN)nc1. The largest absolute Gasteiger partial charge is 0.366 e. The molecule has 0 amide bonds. The number of pyridine rings is 1. The molecule has 100 valence electrons. The van der Waals surface area contributed by atoms with E-state index in [-0.39, 0.29) is 0 Å². The van der Waals surface area contributed by atoms with Crippen molar-refractivity contribution in [2.24, 2.45) is 5.73 Å². The number of benzene rings is 1. The summed E-state index contributed by atoms with van der Waals surface area (Å²) in [5.41, 5.74) is 8.99. The second kappa shape index (κ2) is 6.90. The molecule has 0 saturated heterocycles. The number of hydrogen-bond acceptors (Lipinski definition) is 3. The summed E-state index contributed by atoms with van der Waals surface area (Å²) in [7, 11) is 0. The quantitative estimate of drug-likeness (QED) is 0.863. The first kappa shape index (κ1) is 13.6. The molecule has 0 aliphatic carbocycles. The fraction of sp³-hybridized carbons (Fsp3) is 0.312. The van der Waals surface area contributed by atoms with Gasteiger partial charge in [-0.2, -0.15) is 0 Å². The minimum Gasteiger partial charge on any atom is -0.366 e. The number of aromatic nitrogens is 1. The van der Waals surface area contributed by atoms with Crippen molar-refractivity contribution in [1.82, 2.24) is 4.98 Å². The fourth-order valence-electron chi connectivity index (χ4n) is 2.10. The highest BCUT2D eigenvalue weighted by molar-refractivity contribution is 5.45. The smallest absolute Gasteiger partial charge is 0.0555 e. The van der Waals surface area contributed by atoms with E-state index in [1.807, 2.05) is 18.3 Å². The second-order valence-electron chi connectivity index (χ2n) is 4.62. The van der Waals surface area contributed by atoms with E-state index in [1.54, 1.807) is 0 Å². The van der Waals surface area contributed by atoms with Gasteiger partial charge in [0.05, 0.1) is 17.6 Å². The maximum atomic E-state index is 5.58. The Hall–Kier alpha value is -1.87. The molecule has 3 heteroatoms. The monoisotopic (exact) mass is 255 g/mol. The van der Waals surface area contributed by atoms with Crippen molar-refractivity contribution in [2.45, 2.75) is 26.4 Å². The normalized spacial score (nSPS) is 10.4. The summed E-state index contributed by atoms with van der Waals surface area (Å²) in [6.45, 7) is 4.63. The van der Waals surface area contributed by atoms with Gasteiger partial charge in [-0.25, -0.2) is 0 Å². The number of rotatable bonds is 6. The van der Waals surface area contributed by atoms with Gasteiger partial charge in [0, 0.05) is 19.6 Å². The van der Waals surface area contributed by atoms with Gasteiger partial charge < -0.3 is 10.6 Å². The molecule has 0 unspecified atom stereocenters. The zero-order valence-electron chi connectivity index (χ0n) is 11.4. The third-order valence-corrected chi connectivity index (χ3v) is 3.09. The van der Waals surface area contributed by atoms with E-state index >= 15 is 0 Å². The molecule has 19 heavy (non-hydrogen) atoms. The van der Waals surface area contributed by atoms with Crippen molar-refractivity contribution >= 4 is 5.69 Å². The summed E-state index contributed by atoms with van der Waals surface area (Å²) in [6, 6.07) is 14.6. The number of anilines is 1. The van der Waals surface area contributed by atoms with E-state index in [0.29, 0.717) is 6.54 Å². The zero-order chi connectivity index (χ0) is 13.5. The van der Waals surface area contributed by atoms with Crippen LogP contribution in [0.25, 0.3) is 0 Å². The molecule has 2 aromatic rings. The van der Waals surface area contributed by atoms with Crippen molar-refractivity contribution in [2.75, 3.05) is 11.4 Å². The first-order valence-electron chi connectivity index (χ1n) is 6.77. The standard InChI is InChI=1S/C16H21N3/c1-2-10-19(13-14-6-4-3-5-7-14)16-9-8-15(11-17)18-12-16/h3-9,12H,2,10-11,13,17H2,1H3. The van der Waals surface area contributed by atoms with E-state index < -0.39 is 0 Å². The molecular weight excluding hydrogens is 234 g/mol. The topological polar surface area (TPSA) is 42.1 Å². The lowest BCUT2D eigenvalue weighted by Gasteiger charge is -2.24. The second-order valence-corrected chi connectivity index (χ2v) is 4.62. The highest BCUT2D eigenvalue weighted by atomic mass is 15.1. The van der Waals surface area contributed by atoms with Crippen molar-refractivity contribution in [3.05, 3.63) is 59.9 Å². The summed E-state index contributed by atoms with van der Waals surface area (Å²) in [6.07, 6.45) is 3.03. The van der Waals surface area contributed by atoms with Gasteiger partial charge in [-0.05, 0) is 24.1 Å². The van der Waals surface area contributed by atoms with Crippen LogP contribution < -0.4 is 10.6 Å². The van der Waals surface area contributed by atoms with Gasteiger partial charge >= 0.3 is 0 Å². The summed E-state index contributed by atoms with van der Waals surface area (Å²) in [5.74, 6) is 0. The van der Waals surface area contributed by atoms with Crippen LogP contribution in [-0.2, 0) is 13.1 Å². The summed E-state index contributed by atoms with van der Waals surface area (Å²) >= 11 is 0. The van der Waals surface area contributed by atoms with Crippen molar-refractivity contribution < 1.29 is 0 Å². The zero-order valence-corrected chi connectivity index (χ0v) is 11.4. The lowest BCUT2D eigenvalue weighted by atomic mass is 10.2. The van der Waals surface area contributed by atoms with E-state index in [1.165, 1.54) is 5.56 Å². The molecular formula is C16H21N3. The Morgan fingerprint density at radius 3 is 2.47 bits per heavy atom. The predicted molar refractivity (Wildman–Crippen MR) is 79.9 cm³/mol. The molecule has 0 saturated carbocycles. The molecule has 2 N–H and O–H groups in total. The van der Waals surface area contributed by atoms with Crippen LogP contribution in [0.4, 0.5) is 5.69 Å². The first-order chi connectivity index (χ1) is 9.33. The number of hydrogen-bond donors (Lipinski definition) is 1. The van der Waals surface area contributed by atoms with E-state index in [2.05, 4.69) is 47.1 Å². The molecule has 0 aliphatic rings. The van der Waals surface area contributed by atoms with Crippen LogP contribution >= 0.6 is 0 Å². The molecule has 1 heterocycles. The average molecular weight is 255 g/mol. The lowest BCUT2D eigenvalue weighted by molar-refractivity contribution is 0.764. The van der Waals surface area contributed by atoms with E-state index in [4.69, 9.17) is 5.73 Å². The molecule has 1 aromatic carbocycles. The van der Waals surface area contributed by atoms with Crippen LogP contribution in [0.3, 0.4) is 0 Å². The predicted octanol–water partition coefficient (Wildman–Crippen LogP) is 2.96. The van der Waals surface area contributed by atoms with Gasteiger partial charge in [-0.1, -0.05) is 37.3 Å².